The first-order valence-corrected chi connectivity index (χ1v) is 4.34. The molecular weight excluding hydrogens is 150 g/mol. The Morgan fingerprint density at radius 1 is 1.58 bits per heavy atom. The monoisotopic (exact) mass is 165 g/mol. The van der Waals surface area contributed by atoms with Gasteiger partial charge in [0.05, 0.1) is 6.20 Å². The number of hydrogen-bond donors (Lipinski definition) is 2. The highest BCUT2D eigenvalue weighted by atomic mass is 15.1. The van der Waals surface area contributed by atoms with E-state index in [4.69, 9.17) is 5.73 Å². The van der Waals surface area contributed by atoms with Gasteiger partial charge >= 0.3 is 0 Å². The first-order valence-electron chi connectivity index (χ1n) is 4.34. The number of aromatic amines is 1. The molecule has 0 saturated heterocycles. The molecule has 1 aliphatic carbocycles. The Morgan fingerprint density at radius 3 is 2.58 bits per heavy atom. The van der Waals surface area contributed by atoms with Crippen LogP contribution >= 0.6 is 0 Å². The molecule has 1 heterocycles. The van der Waals surface area contributed by atoms with Crippen molar-refractivity contribution in [2.24, 2.45) is 5.73 Å². The molecule has 2 rings (SSSR count). The van der Waals surface area contributed by atoms with E-state index in [9.17, 15) is 0 Å². The highest BCUT2D eigenvalue weighted by Gasteiger charge is 2.54. The molecule has 0 aromatic carbocycles. The second-order valence-corrected chi connectivity index (χ2v) is 4.29. The molecule has 0 bridgehead atoms. The third-order valence-electron chi connectivity index (χ3n) is 3.03. The predicted molar refractivity (Wildman–Crippen MR) is 47.8 cm³/mol. The Hall–Kier alpha value is -0.830. The molecule has 66 valence electrons. The van der Waals surface area contributed by atoms with Crippen LogP contribution < -0.4 is 5.73 Å². The smallest absolute Gasteiger partial charge is 0.0525 e. The van der Waals surface area contributed by atoms with Gasteiger partial charge in [0.2, 0.25) is 0 Å². The fourth-order valence-corrected chi connectivity index (χ4v) is 1.94. The van der Waals surface area contributed by atoms with E-state index in [1.165, 1.54) is 18.4 Å². The van der Waals surface area contributed by atoms with Crippen LogP contribution in [0.5, 0.6) is 0 Å². The first kappa shape index (κ1) is 7.80. The number of rotatable bonds is 2. The maximum atomic E-state index is 6.13. The Kier molecular flexibility index (Phi) is 1.37. The van der Waals surface area contributed by atoms with Gasteiger partial charge in [-0.15, -0.1) is 0 Å². The second-order valence-electron chi connectivity index (χ2n) is 4.29. The van der Waals surface area contributed by atoms with Crippen molar-refractivity contribution in [3.63, 3.8) is 0 Å². The van der Waals surface area contributed by atoms with Crippen molar-refractivity contribution in [2.75, 3.05) is 0 Å². The van der Waals surface area contributed by atoms with Gasteiger partial charge in [-0.3, -0.25) is 5.10 Å². The van der Waals surface area contributed by atoms with Crippen molar-refractivity contribution < 1.29 is 0 Å². The summed E-state index contributed by atoms with van der Waals surface area (Å²) in [5.41, 5.74) is 7.45. The minimum absolute atomic E-state index is 0.128. The van der Waals surface area contributed by atoms with Crippen LogP contribution in [0, 0.1) is 0 Å². The molecule has 3 N–H and O–H groups in total. The van der Waals surface area contributed by atoms with Crippen LogP contribution in [0.1, 0.15) is 32.3 Å². The highest BCUT2D eigenvalue weighted by Crippen LogP contribution is 2.54. The standard InChI is InChI=1S/C9H15N3/c1-8(2,10)9(3-4-9)7-5-11-12-6-7/h5-6H,3-4,10H2,1-2H3,(H,11,12). The summed E-state index contributed by atoms with van der Waals surface area (Å²) in [7, 11) is 0. The summed E-state index contributed by atoms with van der Waals surface area (Å²) in [5.74, 6) is 0. The minimum Gasteiger partial charge on any atom is -0.325 e. The van der Waals surface area contributed by atoms with Crippen molar-refractivity contribution in [3.8, 4) is 0 Å². The maximum absolute atomic E-state index is 6.13. The molecule has 0 radical (unpaired) electrons. The van der Waals surface area contributed by atoms with Crippen LogP contribution in [0.25, 0.3) is 0 Å². The third-order valence-corrected chi connectivity index (χ3v) is 3.03. The summed E-state index contributed by atoms with van der Waals surface area (Å²) in [5, 5.41) is 6.80. The summed E-state index contributed by atoms with van der Waals surface area (Å²) in [6, 6.07) is 0. The number of H-pyrrole nitrogens is 1. The van der Waals surface area contributed by atoms with Crippen molar-refractivity contribution in [1.29, 1.82) is 0 Å². The third kappa shape index (κ3) is 0.894. The lowest BCUT2D eigenvalue weighted by Crippen LogP contribution is -2.45. The van der Waals surface area contributed by atoms with Gasteiger partial charge in [0, 0.05) is 17.2 Å². The molecule has 3 nitrogen and oxygen atoms in total. The molecule has 0 unspecified atom stereocenters. The van der Waals surface area contributed by atoms with Gasteiger partial charge in [0.15, 0.2) is 0 Å². The van der Waals surface area contributed by atoms with E-state index in [1.54, 1.807) is 0 Å². The molecule has 0 spiro atoms. The fourth-order valence-electron chi connectivity index (χ4n) is 1.94. The summed E-state index contributed by atoms with van der Waals surface area (Å²) in [6.45, 7) is 4.18. The van der Waals surface area contributed by atoms with E-state index in [2.05, 4.69) is 24.0 Å². The van der Waals surface area contributed by atoms with Gasteiger partial charge in [0.1, 0.15) is 0 Å². The lowest BCUT2D eigenvalue weighted by Gasteiger charge is -2.29. The lowest BCUT2D eigenvalue weighted by molar-refractivity contribution is 0.391. The molecular formula is C9H15N3. The maximum Gasteiger partial charge on any atom is 0.0525 e. The average molecular weight is 165 g/mol. The molecule has 0 amide bonds. The zero-order valence-electron chi connectivity index (χ0n) is 7.59. The van der Waals surface area contributed by atoms with E-state index < -0.39 is 0 Å². The molecule has 1 saturated carbocycles. The molecule has 0 aliphatic heterocycles. The molecule has 12 heavy (non-hydrogen) atoms. The second kappa shape index (κ2) is 2.10. The number of hydrogen-bond acceptors (Lipinski definition) is 2. The van der Waals surface area contributed by atoms with E-state index in [-0.39, 0.29) is 11.0 Å². The number of aromatic nitrogens is 2. The SMILES string of the molecule is CC(C)(N)C1(c2cn[nH]c2)CC1. The Labute approximate surface area is 72.4 Å². The number of nitrogens with zero attached hydrogens (tertiary/aromatic N) is 1. The predicted octanol–water partition coefficient (Wildman–Crippen LogP) is 1.18. The van der Waals surface area contributed by atoms with E-state index in [0.717, 1.165) is 0 Å². The summed E-state index contributed by atoms with van der Waals surface area (Å²) in [4.78, 5) is 0. The number of nitrogens with one attached hydrogen (secondary N) is 1. The Bertz CT molecular complexity index is 264. The van der Waals surface area contributed by atoms with Crippen LogP contribution in [0.15, 0.2) is 12.4 Å². The van der Waals surface area contributed by atoms with E-state index in [0.29, 0.717) is 0 Å². The van der Waals surface area contributed by atoms with Crippen molar-refractivity contribution in [2.45, 2.75) is 37.6 Å². The van der Waals surface area contributed by atoms with Gasteiger partial charge < -0.3 is 5.73 Å². The molecule has 1 aromatic heterocycles. The van der Waals surface area contributed by atoms with Crippen LogP contribution in [0.3, 0.4) is 0 Å². The molecule has 1 aliphatic rings. The summed E-state index contributed by atoms with van der Waals surface area (Å²) < 4.78 is 0. The zero-order chi connectivity index (χ0) is 8.82. The summed E-state index contributed by atoms with van der Waals surface area (Å²) in [6.07, 6.45) is 6.23. The van der Waals surface area contributed by atoms with Crippen LogP contribution in [0.2, 0.25) is 0 Å². The topological polar surface area (TPSA) is 54.7 Å². The van der Waals surface area contributed by atoms with Crippen LogP contribution in [0.4, 0.5) is 0 Å². The van der Waals surface area contributed by atoms with E-state index in [1.807, 2.05) is 12.4 Å². The fraction of sp³-hybridized carbons (Fsp3) is 0.667. The average Bonchev–Trinajstić information content (AvgIpc) is 2.61. The normalized spacial score (nSPS) is 20.9. The van der Waals surface area contributed by atoms with Gasteiger partial charge in [-0.25, -0.2) is 0 Å². The molecule has 1 aromatic rings. The Morgan fingerprint density at radius 2 is 2.25 bits per heavy atom. The van der Waals surface area contributed by atoms with Gasteiger partial charge in [-0.05, 0) is 32.3 Å². The summed E-state index contributed by atoms with van der Waals surface area (Å²) >= 11 is 0. The largest absolute Gasteiger partial charge is 0.325 e. The van der Waals surface area contributed by atoms with Gasteiger partial charge in [-0.2, -0.15) is 5.10 Å². The van der Waals surface area contributed by atoms with Crippen molar-refractivity contribution >= 4 is 0 Å². The molecule has 1 fully saturated rings. The zero-order valence-corrected chi connectivity index (χ0v) is 7.59. The molecule has 3 heteroatoms. The highest BCUT2D eigenvalue weighted by molar-refractivity contribution is 5.32. The molecule has 0 atom stereocenters. The van der Waals surface area contributed by atoms with Crippen molar-refractivity contribution in [3.05, 3.63) is 18.0 Å². The first-order chi connectivity index (χ1) is 5.56. The minimum atomic E-state index is -0.128. The van der Waals surface area contributed by atoms with Gasteiger partial charge in [0.25, 0.3) is 0 Å². The quantitative estimate of drug-likeness (QED) is 0.691. The lowest BCUT2D eigenvalue weighted by atomic mass is 9.81. The van der Waals surface area contributed by atoms with Crippen LogP contribution in [-0.2, 0) is 5.41 Å². The van der Waals surface area contributed by atoms with Crippen molar-refractivity contribution in [1.82, 2.24) is 10.2 Å². The van der Waals surface area contributed by atoms with Crippen LogP contribution in [-0.4, -0.2) is 15.7 Å². The Balaban J connectivity index is 2.35. The van der Waals surface area contributed by atoms with Gasteiger partial charge in [-0.1, -0.05) is 0 Å². The number of nitrogens with two attached hydrogens (primary N) is 1. The van der Waals surface area contributed by atoms with E-state index >= 15 is 0 Å².